The van der Waals surface area contributed by atoms with Gasteiger partial charge < -0.3 is 42.0 Å². The molecule has 0 aliphatic heterocycles. The molecule has 3 aromatic rings. The Bertz CT molecular complexity index is 1300. The van der Waals surface area contributed by atoms with Gasteiger partial charge in [0.1, 0.15) is 29.9 Å². The third kappa shape index (κ3) is 9.44. The molecule has 13 heteroatoms. The summed E-state index contributed by atoms with van der Waals surface area (Å²) in [4.78, 5) is 58.2. The van der Waals surface area contributed by atoms with Crippen molar-refractivity contribution in [3.8, 4) is 5.75 Å². The van der Waals surface area contributed by atoms with Crippen molar-refractivity contribution in [2.45, 2.75) is 56.5 Å². The van der Waals surface area contributed by atoms with Crippen LogP contribution in [0, 0.1) is 0 Å². The van der Waals surface area contributed by atoms with Gasteiger partial charge >= 0.3 is 5.97 Å². The highest BCUT2D eigenvalue weighted by Gasteiger charge is 2.31. The van der Waals surface area contributed by atoms with Crippen LogP contribution in [0.25, 0.3) is 0 Å². The zero-order valence-corrected chi connectivity index (χ0v) is 22.4. The predicted molar refractivity (Wildman–Crippen MR) is 147 cm³/mol. The van der Waals surface area contributed by atoms with E-state index >= 15 is 0 Å². The number of hydrogen-bond acceptors (Lipinski definition) is 8. The van der Waals surface area contributed by atoms with Gasteiger partial charge in [-0.15, -0.1) is 0 Å². The first-order valence-corrected chi connectivity index (χ1v) is 12.9. The van der Waals surface area contributed by atoms with Gasteiger partial charge in [-0.2, -0.15) is 0 Å². The van der Waals surface area contributed by atoms with E-state index < -0.39 is 54.0 Å². The van der Waals surface area contributed by atoms with Crippen molar-refractivity contribution >= 4 is 23.7 Å². The number of imidazole rings is 1. The van der Waals surface area contributed by atoms with Crippen LogP contribution in [0.15, 0.2) is 67.1 Å². The molecule has 3 amide bonds. The highest BCUT2D eigenvalue weighted by molar-refractivity contribution is 5.94. The largest absolute Gasteiger partial charge is 0.508 e. The molecular formula is C28H34N6O7. The third-order valence-electron chi connectivity index (χ3n) is 6.34. The van der Waals surface area contributed by atoms with E-state index in [4.69, 9.17) is 5.73 Å². The number of aliphatic carboxylic acids is 1. The van der Waals surface area contributed by atoms with Gasteiger partial charge in [-0.1, -0.05) is 42.5 Å². The number of aromatic nitrogens is 2. The Morgan fingerprint density at radius 3 is 1.93 bits per heavy atom. The van der Waals surface area contributed by atoms with E-state index in [1.807, 2.05) is 0 Å². The standard InChI is InChI=1S/C28H34N6O7/c1-16(35)24(29)27(39)33-22(13-19-14-30-15-31-19)26(38)32-21(11-17-5-3-2-4-6-17)25(37)34-23(28(40)41)12-18-7-9-20(36)10-8-18/h2-10,14-16,21-24,35-36H,11-13,29H2,1H3,(H,30,31)(H,32,38)(H,33,39)(H,34,37)(H,40,41). The van der Waals surface area contributed by atoms with Crippen molar-refractivity contribution in [2.75, 3.05) is 0 Å². The number of carboxylic acid groups (broad SMARTS) is 1. The molecule has 3 rings (SSSR count). The molecule has 5 unspecified atom stereocenters. The molecule has 0 aliphatic carbocycles. The molecule has 218 valence electrons. The zero-order valence-electron chi connectivity index (χ0n) is 22.4. The van der Waals surface area contributed by atoms with E-state index in [0.717, 1.165) is 0 Å². The minimum Gasteiger partial charge on any atom is -0.508 e. The van der Waals surface area contributed by atoms with Crippen molar-refractivity contribution in [1.82, 2.24) is 25.9 Å². The highest BCUT2D eigenvalue weighted by atomic mass is 16.4. The molecule has 5 atom stereocenters. The minimum absolute atomic E-state index is 0.0153. The van der Waals surface area contributed by atoms with E-state index in [1.54, 1.807) is 42.5 Å². The zero-order chi connectivity index (χ0) is 29.9. The van der Waals surface area contributed by atoms with Crippen LogP contribution in [-0.2, 0) is 38.4 Å². The summed E-state index contributed by atoms with van der Waals surface area (Å²) in [5.74, 6) is -3.52. The van der Waals surface area contributed by atoms with Crippen LogP contribution >= 0.6 is 0 Å². The van der Waals surface area contributed by atoms with Crippen molar-refractivity contribution in [2.24, 2.45) is 5.73 Å². The quantitative estimate of drug-likeness (QED) is 0.125. The van der Waals surface area contributed by atoms with E-state index in [2.05, 4.69) is 25.9 Å². The maximum absolute atomic E-state index is 13.5. The lowest BCUT2D eigenvalue weighted by Crippen LogP contribution is -2.59. The average Bonchev–Trinajstić information content (AvgIpc) is 3.46. The fourth-order valence-corrected chi connectivity index (χ4v) is 3.98. The summed E-state index contributed by atoms with van der Waals surface area (Å²) in [5, 5.41) is 36.6. The lowest BCUT2D eigenvalue weighted by molar-refractivity contribution is -0.142. The number of aromatic hydroxyl groups is 1. The van der Waals surface area contributed by atoms with Crippen LogP contribution in [0.4, 0.5) is 0 Å². The molecule has 0 bridgehead atoms. The van der Waals surface area contributed by atoms with Crippen molar-refractivity contribution in [1.29, 1.82) is 0 Å². The minimum atomic E-state index is -1.33. The third-order valence-corrected chi connectivity index (χ3v) is 6.34. The number of carboxylic acids is 1. The van der Waals surface area contributed by atoms with Gasteiger partial charge in [0.05, 0.1) is 12.4 Å². The van der Waals surface area contributed by atoms with E-state index in [0.29, 0.717) is 16.8 Å². The number of amides is 3. The maximum Gasteiger partial charge on any atom is 0.326 e. The molecule has 0 aliphatic rings. The summed E-state index contributed by atoms with van der Waals surface area (Å²) < 4.78 is 0. The maximum atomic E-state index is 13.5. The van der Waals surface area contributed by atoms with Gasteiger partial charge in [-0.05, 0) is 30.2 Å². The summed E-state index contributed by atoms with van der Waals surface area (Å²) in [6, 6.07) is 9.68. The Balaban J connectivity index is 1.82. The fourth-order valence-electron chi connectivity index (χ4n) is 3.98. The number of carbonyl (C=O) groups excluding carboxylic acids is 3. The number of carbonyl (C=O) groups is 4. The molecule has 0 spiro atoms. The number of rotatable bonds is 14. The second kappa shape index (κ2) is 14.6. The Morgan fingerprint density at radius 2 is 1.37 bits per heavy atom. The van der Waals surface area contributed by atoms with E-state index in [-0.39, 0.29) is 25.0 Å². The number of H-pyrrole nitrogens is 1. The van der Waals surface area contributed by atoms with Crippen LogP contribution in [0.3, 0.4) is 0 Å². The van der Waals surface area contributed by atoms with Gasteiger partial charge in [-0.3, -0.25) is 14.4 Å². The molecule has 1 heterocycles. The average molecular weight is 567 g/mol. The van der Waals surface area contributed by atoms with Crippen LogP contribution in [0.5, 0.6) is 5.75 Å². The number of phenolic OH excluding ortho intramolecular Hbond substituents is 1. The number of phenols is 1. The number of aliphatic hydroxyl groups excluding tert-OH is 1. The lowest BCUT2D eigenvalue weighted by atomic mass is 10.0. The highest BCUT2D eigenvalue weighted by Crippen LogP contribution is 2.12. The molecule has 13 nitrogen and oxygen atoms in total. The van der Waals surface area contributed by atoms with Crippen molar-refractivity contribution in [3.63, 3.8) is 0 Å². The smallest absolute Gasteiger partial charge is 0.326 e. The molecule has 0 fully saturated rings. The number of aliphatic hydroxyl groups is 1. The van der Waals surface area contributed by atoms with Gasteiger partial charge in [0.25, 0.3) is 0 Å². The number of nitrogens with zero attached hydrogens (tertiary/aromatic N) is 1. The Kier molecular flexibility index (Phi) is 11.0. The predicted octanol–water partition coefficient (Wildman–Crippen LogP) is -0.610. The Morgan fingerprint density at radius 1 is 0.829 bits per heavy atom. The molecule has 2 aromatic carbocycles. The first kappa shape index (κ1) is 30.8. The Labute approximate surface area is 236 Å². The van der Waals surface area contributed by atoms with Crippen molar-refractivity contribution < 1.29 is 34.5 Å². The summed E-state index contributed by atoms with van der Waals surface area (Å²) in [6.07, 6.45) is 1.63. The van der Waals surface area contributed by atoms with Crippen LogP contribution < -0.4 is 21.7 Å². The first-order valence-electron chi connectivity index (χ1n) is 12.9. The number of hydrogen-bond donors (Lipinski definition) is 8. The summed E-state index contributed by atoms with van der Waals surface area (Å²) in [7, 11) is 0. The molecule has 1 aromatic heterocycles. The number of benzene rings is 2. The van der Waals surface area contributed by atoms with Gasteiger partial charge in [-0.25, -0.2) is 9.78 Å². The number of nitrogens with two attached hydrogens (primary N) is 1. The normalized spacial score (nSPS) is 14.6. The van der Waals surface area contributed by atoms with Gasteiger partial charge in [0.15, 0.2) is 0 Å². The summed E-state index contributed by atoms with van der Waals surface area (Å²) in [6.45, 7) is 1.34. The first-order chi connectivity index (χ1) is 19.5. The lowest BCUT2D eigenvalue weighted by Gasteiger charge is -2.25. The molecule has 0 saturated heterocycles. The molecule has 0 saturated carbocycles. The van der Waals surface area contributed by atoms with E-state index in [1.165, 1.54) is 31.6 Å². The monoisotopic (exact) mass is 566 g/mol. The molecule has 0 radical (unpaired) electrons. The second-order valence-corrected chi connectivity index (χ2v) is 9.63. The summed E-state index contributed by atoms with van der Waals surface area (Å²) in [5.41, 5.74) is 7.52. The topological polar surface area (TPSA) is 220 Å². The molecular weight excluding hydrogens is 532 g/mol. The number of nitrogens with one attached hydrogen (secondary N) is 4. The fraction of sp³-hybridized carbons (Fsp3) is 0.321. The van der Waals surface area contributed by atoms with Crippen molar-refractivity contribution in [3.05, 3.63) is 83.9 Å². The van der Waals surface area contributed by atoms with Crippen LogP contribution in [0.1, 0.15) is 23.7 Å². The SMILES string of the molecule is CC(O)C(N)C(=O)NC(Cc1cnc[nH]1)C(=O)NC(Cc1ccccc1)C(=O)NC(Cc1ccc(O)cc1)C(=O)O. The van der Waals surface area contributed by atoms with Gasteiger partial charge in [0.2, 0.25) is 17.7 Å². The van der Waals surface area contributed by atoms with E-state index in [9.17, 15) is 34.5 Å². The summed E-state index contributed by atoms with van der Waals surface area (Å²) >= 11 is 0. The van der Waals surface area contributed by atoms with Crippen LogP contribution in [0.2, 0.25) is 0 Å². The second-order valence-electron chi connectivity index (χ2n) is 9.63. The Hall–Kier alpha value is -4.75. The molecule has 41 heavy (non-hydrogen) atoms. The van der Waals surface area contributed by atoms with Gasteiger partial charge in [0, 0.05) is 31.2 Å². The van der Waals surface area contributed by atoms with Crippen LogP contribution in [-0.4, -0.2) is 79.2 Å². The number of aromatic amines is 1. The molecule has 9 N–H and O–H groups in total.